The molecule has 4 heteroatoms. The van der Waals surface area contributed by atoms with E-state index in [0.717, 1.165) is 23.8 Å². The average Bonchev–Trinajstić information content (AvgIpc) is 3.21. The molecule has 0 saturated heterocycles. The molecule has 0 heterocycles. The fourth-order valence-electron chi connectivity index (χ4n) is 8.88. The Morgan fingerprint density at radius 2 is 1.75 bits per heavy atom. The average molecular weight is 387 g/mol. The molecule has 0 aliphatic heterocycles. The van der Waals surface area contributed by atoms with Gasteiger partial charge in [0.2, 0.25) is 0 Å². The van der Waals surface area contributed by atoms with E-state index in [4.69, 9.17) is 9.47 Å². The molecular weight excluding hydrogens is 352 g/mol. The lowest BCUT2D eigenvalue weighted by molar-refractivity contribution is -0.251. The van der Waals surface area contributed by atoms with Gasteiger partial charge in [-0.2, -0.15) is 0 Å². The van der Waals surface area contributed by atoms with E-state index in [9.17, 15) is 9.59 Å². The third-order valence-electron chi connectivity index (χ3n) is 9.29. The Labute approximate surface area is 168 Å². The van der Waals surface area contributed by atoms with Crippen molar-refractivity contribution in [2.45, 2.75) is 70.8 Å². The second kappa shape index (κ2) is 6.34. The van der Waals surface area contributed by atoms with Gasteiger partial charge >= 0.3 is 11.9 Å². The van der Waals surface area contributed by atoms with Gasteiger partial charge in [-0.1, -0.05) is 20.4 Å². The van der Waals surface area contributed by atoms with Gasteiger partial charge in [0.15, 0.2) is 6.61 Å². The monoisotopic (exact) mass is 386 g/mol. The molecule has 4 nitrogen and oxygen atoms in total. The van der Waals surface area contributed by atoms with Gasteiger partial charge in [0.25, 0.3) is 0 Å². The topological polar surface area (TPSA) is 52.6 Å². The maximum Gasteiger partial charge on any atom is 0.344 e. The highest BCUT2D eigenvalue weighted by Crippen LogP contribution is 2.70. The lowest BCUT2D eigenvalue weighted by Gasteiger charge is -2.66. The van der Waals surface area contributed by atoms with Gasteiger partial charge in [-0.15, -0.1) is 0 Å². The Morgan fingerprint density at radius 1 is 1.04 bits per heavy atom. The molecule has 0 aromatic heterocycles. The van der Waals surface area contributed by atoms with E-state index < -0.39 is 5.97 Å². The van der Waals surface area contributed by atoms with Gasteiger partial charge < -0.3 is 9.47 Å². The molecule has 28 heavy (non-hydrogen) atoms. The molecular formula is C24H34O4. The molecule has 154 valence electrons. The number of carbonyl (C=O) groups is 2. The highest BCUT2D eigenvalue weighted by molar-refractivity contribution is 5.83. The van der Waals surface area contributed by atoms with Crippen molar-refractivity contribution >= 4 is 11.9 Å². The molecule has 6 bridgehead atoms. The van der Waals surface area contributed by atoms with Crippen molar-refractivity contribution in [3.63, 3.8) is 0 Å². The van der Waals surface area contributed by atoms with Crippen LogP contribution in [-0.4, -0.2) is 24.1 Å². The SMILES string of the molecule is C=CC(=O)OCC(=O)OC1(C2CC3CC(C)C2C3)C2CC3CC1CC(C)(C3)C2. The van der Waals surface area contributed by atoms with Crippen LogP contribution in [0.25, 0.3) is 0 Å². The van der Waals surface area contributed by atoms with Crippen molar-refractivity contribution in [2.24, 2.45) is 46.8 Å². The number of rotatable bonds is 5. The largest absolute Gasteiger partial charge is 0.456 e. The first-order valence-corrected chi connectivity index (χ1v) is 11.3. The van der Waals surface area contributed by atoms with Gasteiger partial charge in [-0.05, 0) is 80.5 Å². The van der Waals surface area contributed by atoms with Crippen LogP contribution < -0.4 is 0 Å². The van der Waals surface area contributed by atoms with Gasteiger partial charge in [-0.25, -0.2) is 9.59 Å². The molecule has 6 saturated carbocycles. The Kier molecular flexibility index (Phi) is 4.23. The van der Waals surface area contributed by atoms with E-state index in [1.165, 1.54) is 51.4 Å². The summed E-state index contributed by atoms with van der Waals surface area (Å²) < 4.78 is 11.5. The van der Waals surface area contributed by atoms with Crippen LogP contribution in [0.2, 0.25) is 0 Å². The lowest BCUT2D eigenvalue weighted by Crippen LogP contribution is -2.66. The van der Waals surface area contributed by atoms with Crippen LogP contribution in [0.3, 0.4) is 0 Å². The van der Waals surface area contributed by atoms with Crippen LogP contribution in [0.1, 0.15) is 65.2 Å². The zero-order chi connectivity index (χ0) is 19.7. The van der Waals surface area contributed by atoms with Crippen molar-refractivity contribution in [1.29, 1.82) is 0 Å². The maximum atomic E-state index is 12.9. The van der Waals surface area contributed by atoms with Gasteiger partial charge in [0, 0.05) is 23.8 Å². The second-order valence-corrected chi connectivity index (χ2v) is 11.1. The van der Waals surface area contributed by atoms with Crippen molar-refractivity contribution in [2.75, 3.05) is 6.61 Å². The molecule has 6 fully saturated rings. The summed E-state index contributed by atoms with van der Waals surface area (Å²) in [6.07, 6.45) is 11.2. The standard InChI is InChI=1S/C24H34O4/c1-4-21(25)27-13-22(26)28-24(20-9-15-5-14(2)19(20)8-15)17-6-16-7-18(24)12-23(3,10-16)11-17/h4,14-20H,1,5-13H2,2-3H3. The Morgan fingerprint density at radius 3 is 2.32 bits per heavy atom. The minimum absolute atomic E-state index is 0.289. The van der Waals surface area contributed by atoms with E-state index in [0.29, 0.717) is 29.1 Å². The minimum atomic E-state index is -0.558. The lowest BCUT2D eigenvalue weighted by atomic mass is 9.42. The van der Waals surface area contributed by atoms with Gasteiger partial charge in [-0.3, -0.25) is 0 Å². The molecule has 0 N–H and O–H groups in total. The smallest absolute Gasteiger partial charge is 0.344 e. The van der Waals surface area contributed by atoms with Crippen molar-refractivity contribution in [3.05, 3.63) is 12.7 Å². The predicted octanol–water partition coefficient (Wildman–Crippen LogP) is 4.53. The minimum Gasteiger partial charge on any atom is -0.456 e. The third-order valence-corrected chi connectivity index (χ3v) is 9.29. The summed E-state index contributed by atoms with van der Waals surface area (Å²) in [5.41, 5.74) is 0.118. The summed E-state index contributed by atoms with van der Waals surface area (Å²) in [4.78, 5) is 24.3. The van der Waals surface area contributed by atoms with Crippen LogP contribution >= 0.6 is 0 Å². The number of hydrogen-bond donors (Lipinski definition) is 0. The number of hydrogen-bond acceptors (Lipinski definition) is 4. The van der Waals surface area contributed by atoms with Crippen LogP contribution in [0.15, 0.2) is 12.7 Å². The fraction of sp³-hybridized carbons (Fsp3) is 0.833. The van der Waals surface area contributed by atoms with Crippen molar-refractivity contribution in [1.82, 2.24) is 0 Å². The first kappa shape index (κ1) is 18.7. The van der Waals surface area contributed by atoms with Crippen LogP contribution in [0, 0.1) is 46.8 Å². The highest BCUT2D eigenvalue weighted by Gasteiger charge is 2.68. The summed E-state index contributed by atoms with van der Waals surface area (Å²) in [5, 5.41) is 0. The summed E-state index contributed by atoms with van der Waals surface area (Å²) in [7, 11) is 0. The van der Waals surface area contributed by atoms with E-state index in [1.807, 2.05) is 0 Å². The fourth-order valence-corrected chi connectivity index (χ4v) is 8.88. The molecule has 6 rings (SSSR count). The van der Waals surface area contributed by atoms with Gasteiger partial charge in [0.1, 0.15) is 5.60 Å². The number of carbonyl (C=O) groups excluding carboxylic acids is 2. The Hall–Kier alpha value is -1.32. The Bertz CT molecular complexity index is 681. The molecule has 6 aliphatic rings. The van der Waals surface area contributed by atoms with Crippen molar-refractivity contribution in [3.8, 4) is 0 Å². The summed E-state index contributed by atoms with van der Waals surface area (Å²) >= 11 is 0. The van der Waals surface area contributed by atoms with E-state index in [1.54, 1.807) is 0 Å². The molecule has 0 aromatic rings. The van der Waals surface area contributed by atoms with E-state index >= 15 is 0 Å². The zero-order valence-electron chi connectivity index (χ0n) is 17.3. The van der Waals surface area contributed by atoms with Crippen LogP contribution in [0.5, 0.6) is 0 Å². The predicted molar refractivity (Wildman–Crippen MR) is 105 cm³/mol. The third kappa shape index (κ3) is 2.69. The quantitative estimate of drug-likeness (QED) is 0.515. The Balaban J connectivity index is 1.45. The summed E-state index contributed by atoms with van der Waals surface area (Å²) in [6, 6.07) is 0. The normalized spacial score (nSPS) is 50.6. The molecule has 6 aliphatic carbocycles. The van der Waals surface area contributed by atoms with Crippen LogP contribution in [0.4, 0.5) is 0 Å². The molecule has 0 aromatic carbocycles. The molecule has 0 amide bonds. The van der Waals surface area contributed by atoms with Gasteiger partial charge in [0.05, 0.1) is 0 Å². The molecule has 6 atom stereocenters. The first-order chi connectivity index (χ1) is 13.3. The van der Waals surface area contributed by atoms with E-state index in [2.05, 4.69) is 20.4 Å². The second-order valence-electron chi connectivity index (χ2n) is 11.1. The highest BCUT2D eigenvalue weighted by atomic mass is 16.6. The van der Waals surface area contributed by atoms with Crippen molar-refractivity contribution < 1.29 is 19.1 Å². The first-order valence-electron chi connectivity index (χ1n) is 11.3. The van der Waals surface area contributed by atoms with E-state index in [-0.39, 0.29) is 18.2 Å². The number of esters is 2. The van der Waals surface area contributed by atoms with Crippen LogP contribution in [-0.2, 0) is 19.1 Å². The molecule has 0 spiro atoms. The summed E-state index contributed by atoms with van der Waals surface area (Å²) in [6.45, 7) is 7.97. The summed E-state index contributed by atoms with van der Waals surface area (Å²) in [5.74, 6) is 3.61. The maximum absolute atomic E-state index is 12.9. The number of fused-ring (bicyclic) bond motifs is 2. The molecule has 6 unspecified atom stereocenters. The molecule has 0 radical (unpaired) electrons. The number of ether oxygens (including phenoxy) is 2. The zero-order valence-corrected chi connectivity index (χ0v) is 17.3.